The van der Waals surface area contributed by atoms with Gasteiger partial charge in [-0.15, -0.1) is 0 Å². The van der Waals surface area contributed by atoms with E-state index in [2.05, 4.69) is 23.2 Å². The lowest BCUT2D eigenvalue weighted by atomic mass is 9.77. The zero-order valence-corrected chi connectivity index (χ0v) is 16.3. The lowest BCUT2D eigenvalue weighted by Crippen LogP contribution is -2.46. The number of halogens is 1. The number of carbonyl (C=O) groups is 1. The Morgan fingerprint density at radius 1 is 1.18 bits per heavy atom. The molecule has 0 bridgehead atoms. The van der Waals surface area contributed by atoms with Crippen LogP contribution in [0.4, 0.5) is 0 Å². The number of carbonyl (C=O) groups excluding carboxylic acids is 1. The number of rotatable bonds is 1. The van der Waals surface area contributed by atoms with E-state index < -0.39 is 0 Å². The van der Waals surface area contributed by atoms with Crippen LogP contribution in [0.5, 0.6) is 0 Å². The van der Waals surface area contributed by atoms with E-state index >= 15 is 0 Å². The Kier molecular flexibility index (Phi) is 3.98. The van der Waals surface area contributed by atoms with Crippen molar-refractivity contribution in [3.63, 3.8) is 0 Å². The Morgan fingerprint density at radius 2 is 1.93 bits per heavy atom. The highest BCUT2D eigenvalue weighted by molar-refractivity contribution is 6.30. The Labute approximate surface area is 168 Å². The summed E-state index contributed by atoms with van der Waals surface area (Å²) in [5.74, 6) is -0.125. The van der Waals surface area contributed by atoms with Crippen LogP contribution in [0.1, 0.15) is 42.1 Å². The van der Waals surface area contributed by atoms with E-state index in [0.29, 0.717) is 17.1 Å². The zero-order chi connectivity index (χ0) is 19.4. The molecule has 4 nitrogen and oxygen atoms in total. The molecule has 5 rings (SSSR count). The van der Waals surface area contributed by atoms with Gasteiger partial charge in [0.15, 0.2) is 0 Å². The molecule has 2 aromatic carbocycles. The summed E-state index contributed by atoms with van der Waals surface area (Å²) < 4.78 is 0. The summed E-state index contributed by atoms with van der Waals surface area (Å²) in [6, 6.07) is 15.9. The molecule has 2 N–H and O–H groups in total. The van der Waals surface area contributed by atoms with Crippen molar-refractivity contribution in [3.8, 4) is 0 Å². The predicted molar refractivity (Wildman–Crippen MR) is 111 cm³/mol. The summed E-state index contributed by atoms with van der Waals surface area (Å²) in [6.45, 7) is 2.28. The van der Waals surface area contributed by atoms with Gasteiger partial charge in [0.1, 0.15) is 0 Å². The maximum absolute atomic E-state index is 13.3. The van der Waals surface area contributed by atoms with Gasteiger partial charge in [-0.2, -0.15) is 0 Å². The third-order valence-electron chi connectivity index (χ3n) is 6.12. The average Bonchev–Trinajstić information content (AvgIpc) is 3.07. The van der Waals surface area contributed by atoms with Crippen LogP contribution in [-0.2, 0) is 11.2 Å². The number of aliphatic hydroxyl groups excluding tert-OH is 1. The number of hydrogen-bond acceptors (Lipinski definition) is 2. The zero-order valence-electron chi connectivity index (χ0n) is 15.6. The molecule has 0 saturated carbocycles. The molecule has 0 unspecified atom stereocenters. The number of aliphatic hydroxyl groups is 1. The molecular formula is C23H21ClN2O2. The van der Waals surface area contributed by atoms with E-state index in [1.165, 1.54) is 10.9 Å². The number of benzene rings is 2. The van der Waals surface area contributed by atoms with Crippen LogP contribution in [-0.4, -0.2) is 27.4 Å². The summed E-state index contributed by atoms with van der Waals surface area (Å²) in [7, 11) is 0. The van der Waals surface area contributed by atoms with Crippen molar-refractivity contribution in [2.24, 2.45) is 0 Å². The largest absolute Gasteiger partial charge is 0.512 e. The summed E-state index contributed by atoms with van der Waals surface area (Å²) in [4.78, 5) is 18.8. The molecule has 1 fully saturated rings. The highest BCUT2D eigenvalue weighted by atomic mass is 35.5. The molecule has 0 spiro atoms. The van der Waals surface area contributed by atoms with Crippen LogP contribution in [0.15, 0.2) is 59.9 Å². The van der Waals surface area contributed by atoms with Gasteiger partial charge in [0.2, 0.25) is 0 Å². The lowest BCUT2D eigenvalue weighted by molar-refractivity contribution is -0.133. The fourth-order valence-electron chi connectivity index (χ4n) is 4.86. The number of piperidine rings is 1. The van der Waals surface area contributed by atoms with E-state index in [4.69, 9.17) is 11.6 Å². The first-order valence-corrected chi connectivity index (χ1v) is 9.98. The molecule has 2 atom stereocenters. The van der Waals surface area contributed by atoms with Gasteiger partial charge in [0.25, 0.3) is 5.91 Å². The van der Waals surface area contributed by atoms with Gasteiger partial charge in [-0.05, 0) is 49.1 Å². The molecule has 0 radical (unpaired) electrons. The molecule has 142 valence electrons. The van der Waals surface area contributed by atoms with Crippen molar-refractivity contribution >= 4 is 28.4 Å². The van der Waals surface area contributed by atoms with Crippen LogP contribution in [0.2, 0.25) is 5.02 Å². The molecule has 1 aromatic heterocycles. The van der Waals surface area contributed by atoms with Crippen molar-refractivity contribution in [3.05, 3.63) is 81.7 Å². The highest BCUT2D eigenvalue weighted by Gasteiger charge is 2.43. The minimum atomic E-state index is -0.159. The molecule has 2 aliphatic heterocycles. The number of aromatic amines is 1. The van der Waals surface area contributed by atoms with E-state index in [9.17, 15) is 9.90 Å². The van der Waals surface area contributed by atoms with Gasteiger partial charge in [-0.1, -0.05) is 41.9 Å². The summed E-state index contributed by atoms with van der Waals surface area (Å²) >= 11 is 6.06. The number of amides is 1. The van der Waals surface area contributed by atoms with Crippen molar-refractivity contribution in [2.45, 2.75) is 31.7 Å². The Bertz CT molecular complexity index is 1110. The van der Waals surface area contributed by atoms with E-state index in [0.717, 1.165) is 29.6 Å². The van der Waals surface area contributed by atoms with E-state index in [1.807, 2.05) is 35.2 Å². The van der Waals surface area contributed by atoms with Gasteiger partial charge in [-0.3, -0.25) is 4.79 Å². The van der Waals surface area contributed by atoms with Gasteiger partial charge in [0, 0.05) is 34.1 Å². The Morgan fingerprint density at radius 3 is 2.68 bits per heavy atom. The standard InChI is InChI=1S/C23H21ClN2O2/c1-13(27)21-18(14-6-8-15(24)9-7-14)12-20-22-17(10-11-26(20)23(21)28)16-4-2-3-5-19(16)25-22/h2-9,18,20,25,27H,10-12H2,1H3/b21-13-/t18-,20-/m0/s1. The topological polar surface area (TPSA) is 56.3 Å². The predicted octanol–water partition coefficient (Wildman–Crippen LogP) is 5.27. The minimum absolute atomic E-state index is 0.0209. The third-order valence-corrected chi connectivity index (χ3v) is 6.37. The van der Waals surface area contributed by atoms with Crippen LogP contribution < -0.4 is 0 Å². The maximum Gasteiger partial charge on any atom is 0.254 e. The molecule has 0 aliphatic carbocycles. The third kappa shape index (κ3) is 2.55. The normalized spacial score (nSPS) is 23.5. The summed E-state index contributed by atoms with van der Waals surface area (Å²) in [5.41, 5.74) is 5.06. The van der Waals surface area contributed by atoms with Crippen LogP contribution in [0.25, 0.3) is 10.9 Å². The highest BCUT2D eigenvalue weighted by Crippen LogP contribution is 2.47. The van der Waals surface area contributed by atoms with Gasteiger partial charge in [0.05, 0.1) is 17.4 Å². The molecule has 5 heteroatoms. The summed E-state index contributed by atoms with van der Waals surface area (Å²) in [5, 5.41) is 12.2. The van der Waals surface area contributed by atoms with E-state index in [-0.39, 0.29) is 23.6 Å². The maximum atomic E-state index is 13.3. The monoisotopic (exact) mass is 392 g/mol. The molecule has 2 aliphatic rings. The molecular weight excluding hydrogens is 372 g/mol. The Balaban J connectivity index is 1.64. The van der Waals surface area contributed by atoms with Crippen LogP contribution >= 0.6 is 11.6 Å². The first-order chi connectivity index (χ1) is 13.5. The fraction of sp³-hybridized carbons (Fsp3) is 0.261. The number of nitrogens with zero attached hydrogens (tertiary/aromatic N) is 1. The van der Waals surface area contributed by atoms with Crippen LogP contribution in [0.3, 0.4) is 0 Å². The number of hydrogen-bond donors (Lipinski definition) is 2. The molecule has 3 aromatic rings. The fourth-order valence-corrected chi connectivity index (χ4v) is 4.98. The molecule has 1 saturated heterocycles. The second kappa shape index (κ2) is 6.42. The number of H-pyrrole nitrogens is 1. The number of fused-ring (bicyclic) bond motifs is 5. The quantitative estimate of drug-likeness (QED) is 0.438. The van der Waals surface area contributed by atoms with Crippen molar-refractivity contribution < 1.29 is 9.90 Å². The molecule has 28 heavy (non-hydrogen) atoms. The van der Waals surface area contributed by atoms with Crippen molar-refractivity contribution in [1.82, 2.24) is 9.88 Å². The van der Waals surface area contributed by atoms with Crippen molar-refractivity contribution in [2.75, 3.05) is 6.54 Å². The minimum Gasteiger partial charge on any atom is -0.512 e. The van der Waals surface area contributed by atoms with Gasteiger partial charge < -0.3 is 15.0 Å². The molecule has 3 heterocycles. The smallest absolute Gasteiger partial charge is 0.254 e. The van der Waals surface area contributed by atoms with Gasteiger partial charge >= 0.3 is 0 Å². The second-order valence-electron chi connectivity index (χ2n) is 7.67. The first-order valence-electron chi connectivity index (χ1n) is 9.60. The number of aromatic nitrogens is 1. The average molecular weight is 393 g/mol. The number of allylic oxidation sites excluding steroid dienone is 1. The van der Waals surface area contributed by atoms with Gasteiger partial charge in [-0.25, -0.2) is 0 Å². The van der Waals surface area contributed by atoms with Crippen molar-refractivity contribution in [1.29, 1.82) is 0 Å². The van der Waals surface area contributed by atoms with Crippen LogP contribution in [0, 0.1) is 0 Å². The number of nitrogens with one attached hydrogen (secondary N) is 1. The molecule has 1 amide bonds. The SMILES string of the molecule is C/C(O)=C1/C(=O)N2CCc3c([nH]c4ccccc34)[C@@H]2C[C@H]1c1ccc(Cl)cc1. The summed E-state index contributed by atoms with van der Waals surface area (Å²) in [6.07, 6.45) is 1.56. The Hall–Kier alpha value is -2.72. The lowest BCUT2D eigenvalue weighted by Gasteiger charge is -2.43. The second-order valence-corrected chi connectivity index (χ2v) is 8.10. The van der Waals surface area contributed by atoms with E-state index in [1.54, 1.807) is 6.92 Å². The number of para-hydroxylation sites is 1. The first kappa shape index (κ1) is 17.4.